The van der Waals surface area contributed by atoms with Gasteiger partial charge in [0.15, 0.2) is 0 Å². The number of aliphatic hydroxyl groups is 2. The molecule has 2 unspecified atom stereocenters. The Bertz CT molecular complexity index is 928. The number of unbranched alkanes of at least 4 members (excludes halogenated alkanes) is 40. The third-order valence-corrected chi connectivity index (χ3v) is 12.8. The first-order valence-electron chi connectivity index (χ1n) is 27.7. The van der Waals surface area contributed by atoms with Crippen molar-refractivity contribution < 1.29 is 15.0 Å². The molecule has 4 nitrogen and oxygen atoms in total. The smallest absolute Gasteiger partial charge is 0.220 e. The van der Waals surface area contributed by atoms with Crippen molar-refractivity contribution in [1.82, 2.24) is 5.32 Å². The summed E-state index contributed by atoms with van der Waals surface area (Å²) in [6.07, 6.45) is 72.0. The van der Waals surface area contributed by atoms with E-state index in [0.717, 1.165) is 32.1 Å². The third-order valence-electron chi connectivity index (χ3n) is 12.8. The Kier molecular flexibility index (Phi) is 51.7. The fraction of sp³-hybridized carbons (Fsp3) is 0.877. The molecule has 0 saturated heterocycles. The molecule has 0 fully saturated rings. The zero-order valence-electron chi connectivity index (χ0n) is 41.4. The summed E-state index contributed by atoms with van der Waals surface area (Å²) in [4.78, 5) is 12.4. The topological polar surface area (TPSA) is 69.6 Å². The molecule has 0 aromatic rings. The van der Waals surface area contributed by atoms with Gasteiger partial charge in [0.1, 0.15) is 0 Å². The molecule has 0 aliphatic rings. The van der Waals surface area contributed by atoms with E-state index in [1.165, 1.54) is 250 Å². The fourth-order valence-electron chi connectivity index (χ4n) is 8.60. The summed E-state index contributed by atoms with van der Waals surface area (Å²) >= 11 is 0. The van der Waals surface area contributed by atoms with Crippen LogP contribution in [-0.4, -0.2) is 34.9 Å². The highest BCUT2D eigenvalue weighted by molar-refractivity contribution is 5.76. The molecular weight excluding hydrogens is 747 g/mol. The van der Waals surface area contributed by atoms with E-state index in [1.54, 1.807) is 6.08 Å². The first kappa shape index (κ1) is 59.6. The molecule has 0 rings (SSSR count). The monoisotopic (exact) mass is 856 g/mol. The quantitative estimate of drug-likeness (QED) is 0.0422. The van der Waals surface area contributed by atoms with Crippen molar-refractivity contribution in [2.24, 2.45) is 0 Å². The molecule has 0 saturated carbocycles. The largest absolute Gasteiger partial charge is 0.394 e. The highest BCUT2D eigenvalue weighted by Crippen LogP contribution is 2.17. The lowest BCUT2D eigenvalue weighted by Gasteiger charge is -2.19. The normalized spacial score (nSPS) is 13.0. The maximum Gasteiger partial charge on any atom is 0.220 e. The van der Waals surface area contributed by atoms with Crippen LogP contribution in [0.3, 0.4) is 0 Å². The zero-order valence-corrected chi connectivity index (χ0v) is 41.4. The van der Waals surface area contributed by atoms with E-state index in [-0.39, 0.29) is 12.5 Å². The molecule has 0 heterocycles. The van der Waals surface area contributed by atoms with Gasteiger partial charge in [0.05, 0.1) is 18.8 Å². The summed E-state index contributed by atoms with van der Waals surface area (Å²) in [6.45, 7) is 4.28. The van der Waals surface area contributed by atoms with Gasteiger partial charge in [-0.05, 0) is 57.8 Å². The van der Waals surface area contributed by atoms with Crippen LogP contribution in [0.25, 0.3) is 0 Å². The lowest BCUT2D eigenvalue weighted by molar-refractivity contribution is -0.123. The van der Waals surface area contributed by atoms with E-state index in [4.69, 9.17) is 0 Å². The van der Waals surface area contributed by atoms with Crippen molar-refractivity contribution in [1.29, 1.82) is 0 Å². The van der Waals surface area contributed by atoms with Crippen LogP contribution < -0.4 is 5.32 Å². The molecule has 4 heteroatoms. The lowest BCUT2D eigenvalue weighted by Crippen LogP contribution is -2.45. The highest BCUT2D eigenvalue weighted by Gasteiger charge is 2.18. The minimum atomic E-state index is -0.859. The van der Waals surface area contributed by atoms with Gasteiger partial charge in [0, 0.05) is 6.42 Å². The van der Waals surface area contributed by atoms with Crippen molar-refractivity contribution in [2.45, 2.75) is 315 Å². The summed E-state index contributed by atoms with van der Waals surface area (Å²) in [5, 5.41) is 22.9. The lowest BCUT2D eigenvalue weighted by atomic mass is 10.0. The number of hydrogen-bond acceptors (Lipinski definition) is 3. The summed E-state index contributed by atoms with van der Waals surface area (Å²) in [7, 11) is 0. The Labute approximate surface area is 382 Å². The van der Waals surface area contributed by atoms with Crippen molar-refractivity contribution in [3.05, 3.63) is 36.5 Å². The molecule has 61 heavy (non-hydrogen) atoms. The molecule has 0 aliphatic heterocycles. The SMILES string of the molecule is CCCCCC/C=C/CC/C=C/C(O)C(CO)NC(=O)CCCCCCCCCCCCCCCCCCC/C=C\CCCCCCCCCCCCCCCCCCCC. The number of hydrogen-bond donors (Lipinski definition) is 3. The van der Waals surface area contributed by atoms with E-state index >= 15 is 0 Å². The average molecular weight is 857 g/mol. The average Bonchev–Trinajstić information content (AvgIpc) is 3.26. The molecule has 0 aromatic heterocycles. The predicted molar refractivity (Wildman–Crippen MR) is 272 cm³/mol. The van der Waals surface area contributed by atoms with Crippen LogP contribution in [0.2, 0.25) is 0 Å². The van der Waals surface area contributed by atoms with Gasteiger partial charge in [-0.15, -0.1) is 0 Å². The molecule has 0 radical (unpaired) electrons. The molecule has 0 spiro atoms. The van der Waals surface area contributed by atoms with Crippen molar-refractivity contribution in [3.63, 3.8) is 0 Å². The van der Waals surface area contributed by atoms with E-state index in [9.17, 15) is 15.0 Å². The minimum Gasteiger partial charge on any atom is -0.394 e. The maximum absolute atomic E-state index is 12.4. The van der Waals surface area contributed by atoms with Gasteiger partial charge < -0.3 is 15.5 Å². The van der Waals surface area contributed by atoms with Crippen molar-refractivity contribution in [2.75, 3.05) is 6.61 Å². The zero-order chi connectivity index (χ0) is 44.2. The van der Waals surface area contributed by atoms with Crippen LogP contribution in [0, 0.1) is 0 Å². The Morgan fingerprint density at radius 3 is 0.967 bits per heavy atom. The van der Waals surface area contributed by atoms with Gasteiger partial charge >= 0.3 is 0 Å². The molecule has 2 atom stereocenters. The Morgan fingerprint density at radius 1 is 0.377 bits per heavy atom. The number of amides is 1. The van der Waals surface area contributed by atoms with Crippen LogP contribution in [0.4, 0.5) is 0 Å². The molecule has 0 aliphatic carbocycles. The molecule has 0 aromatic carbocycles. The molecular formula is C57H109NO3. The van der Waals surface area contributed by atoms with Crippen LogP contribution in [0.1, 0.15) is 303 Å². The first-order chi connectivity index (χ1) is 30.2. The number of rotatable bonds is 51. The second kappa shape index (κ2) is 53.0. The van der Waals surface area contributed by atoms with Crippen LogP contribution in [0.5, 0.6) is 0 Å². The molecule has 1 amide bonds. The van der Waals surface area contributed by atoms with Gasteiger partial charge in [0.25, 0.3) is 0 Å². The molecule has 3 N–H and O–H groups in total. The summed E-state index contributed by atoms with van der Waals surface area (Å²) in [5.41, 5.74) is 0. The number of carbonyl (C=O) groups excluding carboxylic acids is 1. The number of nitrogens with one attached hydrogen (secondary N) is 1. The van der Waals surface area contributed by atoms with Gasteiger partial charge in [-0.25, -0.2) is 0 Å². The van der Waals surface area contributed by atoms with Crippen LogP contribution in [-0.2, 0) is 4.79 Å². The summed E-state index contributed by atoms with van der Waals surface area (Å²) in [6, 6.07) is -0.636. The van der Waals surface area contributed by atoms with Gasteiger partial charge in [0.2, 0.25) is 5.91 Å². The van der Waals surface area contributed by atoms with E-state index in [0.29, 0.717) is 6.42 Å². The van der Waals surface area contributed by atoms with E-state index < -0.39 is 12.1 Å². The third kappa shape index (κ3) is 49.5. The van der Waals surface area contributed by atoms with E-state index in [1.807, 2.05) is 6.08 Å². The van der Waals surface area contributed by atoms with E-state index in [2.05, 4.69) is 43.5 Å². The maximum atomic E-state index is 12.4. The number of allylic oxidation sites excluding steroid dienone is 5. The Balaban J connectivity index is 3.36. The highest BCUT2D eigenvalue weighted by atomic mass is 16.3. The summed E-state index contributed by atoms with van der Waals surface area (Å²) < 4.78 is 0. The van der Waals surface area contributed by atoms with Crippen molar-refractivity contribution in [3.8, 4) is 0 Å². The van der Waals surface area contributed by atoms with Gasteiger partial charge in [-0.2, -0.15) is 0 Å². The first-order valence-corrected chi connectivity index (χ1v) is 27.7. The fourth-order valence-corrected chi connectivity index (χ4v) is 8.60. The standard InChI is InChI=1S/C57H109NO3/c1-3-5-7-9-11-13-15-16-17-18-19-20-21-22-23-24-25-26-27-28-29-30-31-32-33-34-35-36-37-38-39-40-41-42-43-45-47-49-51-53-57(61)58-55(54-59)56(60)52-50-48-46-44-14-12-10-8-6-4-2/h14,28-29,44,50,52,55-56,59-60H,3-13,15-27,30-43,45-49,51,53-54H2,1-2H3,(H,58,61)/b29-28-,44-14+,52-50+. The minimum absolute atomic E-state index is 0.0725. The number of aliphatic hydroxyl groups excluding tert-OH is 2. The summed E-state index contributed by atoms with van der Waals surface area (Å²) in [5.74, 6) is -0.0725. The van der Waals surface area contributed by atoms with Crippen molar-refractivity contribution >= 4 is 5.91 Å². The molecule has 0 bridgehead atoms. The number of carbonyl (C=O) groups is 1. The van der Waals surface area contributed by atoms with Gasteiger partial charge in [-0.3, -0.25) is 4.79 Å². The van der Waals surface area contributed by atoms with Crippen LogP contribution in [0.15, 0.2) is 36.5 Å². The predicted octanol–water partition coefficient (Wildman–Crippen LogP) is 18.1. The Morgan fingerprint density at radius 2 is 0.639 bits per heavy atom. The van der Waals surface area contributed by atoms with Gasteiger partial charge in [-0.1, -0.05) is 275 Å². The molecule has 360 valence electrons. The van der Waals surface area contributed by atoms with Crippen LogP contribution >= 0.6 is 0 Å². The Hall–Kier alpha value is -1.39. The second-order valence-corrected chi connectivity index (χ2v) is 19.0. The second-order valence-electron chi connectivity index (χ2n) is 19.0.